The molecule has 0 atom stereocenters. The van der Waals surface area contributed by atoms with Gasteiger partial charge in [0.1, 0.15) is 0 Å². The first-order chi connectivity index (χ1) is 12.6. The lowest BCUT2D eigenvalue weighted by atomic mass is 10.1. The molecule has 2 aromatic carbocycles. The number of benzene rings is 2. The number of hydrogen-bond donors (Lipinski definition) is 1. The maximum absolute atomic E-state index is 12.9. The molecule has 0 heterocycles. The van der Waals surface area contributed by atoms with E-state index in [1.807, 2.05) is 32.9 Å². The molecule has 5 nitrogen and oxygen atoms in total. The zero-order valence-electron chi connectivity index (χ0n) is 16.2. The number of aryl methyl sites for hydroxylation is 2. The molecule has 0 radical (unpaired) electrons. The fraction of sp³-hybridized carbons (Fsp3) is 0.286. The molecule has 1 amide bonds. The minimum Gasteiger partial charge on any atom is -0.335 e. The average Bonchev–Trinajstić information content (AvgIpc) is 2.61. The highest BCUT2D eigenvalue weighted by Gasteiger charge is 2.21. The largest absolute Gasteiger partial charge is 0.335 e. The fourth-order valence-corrected chi connectivity index (χ4v) is 3.74. The Hall–Kier alpha value is -2.60. The van der Waals surface area contributed by atoms with Gasteiger partial charge in [0.15, 0.2) is 0 Å². The molecule has 27 heavy (non-hydrogen) atoms. The number of rotatable bonds is 7. The Morgan fingerprint density at radius 2 is 1.74 bits per heavy atom. The number of likely N-dealkylation sites (N-methyl/N-ethyl adjacent to an activating group) is 1. The Kier molecular flexibility index (Phi) is 6.44. The maximum Gasteiger partial charge on any atom is 0.261 e. The van der Waals surface area contributed by atoms with Crippen LogP contribution < -0.4 is 4.72 Å². The lowest BCUT2D eigenvalue weighted by Crippen LogP contribution is -2.32. The van der Waals surface area contributed by atoms with Crippen LogP contribution in [-0.4, -0.2) is 32.3 Å². The van der Waals surface area contributed by atoms with Gasteiger partial charge in [-0.1, -0.05) is 35.9 Å². The molecular formula is C21H26N2O3S. The van der Waals surface area contributed by atoms with Crippen molar-refractivity contribution in [2.24, 2.45) is 0 Å². The summed E-state index contributed by atoms with van der Waals surface area (Å²) in [7, 11) is -3.79. The summed E-state index contributed by atoms with van der Waals surface area (Å²) in [6.07, 6.45) is 0. The second kappa shape index (κ2) is 8.39. The van der Waals surface area contributed by atoms with Crippen LogP contribution in [0, 0.1) is 13.8 Å². The Labute approximate surface area is 161 Å². The average molecular weight is 387 g/mol. The molecule has 0 aliphatic rings. The molecule has 144 valence electrons. The van der Waals surface area contributed by atoms with E-state index < -0.39 is 10.0 Å². The molecule has 0 saturated carbocycles. The molecule has 0 fully saturated rings. The SMILES string of the molecule is C=C(C)CN(CC)C(=O)c1cc(S(=O)(=O)Nc2ccc(C)cc2)ccc1C. The lowest BCUT2D eigenvalue weighted by Gasteiger charge is -2.22. The molecule has 0 aliphatic heterocycles. The van der Waals surface area contributed by atoms with Crippen molar-refractivity contribution in [1.82, 2.24) is 4.90 Å². The number of hydrogen-bond acceptors (Lipinski definition) is 3. The van der Waals surface area contributed by atoms with Gasteiger partial charge in [0.2, 0.25) is 0 Å². The van der Waals surface area contributed by atoms with Crippen LogP contribution in [0.2, 0.25) is 0 Å². The monoisotopic (exact) mass is 386 g/mol. The molecule has 0 bridgehead atoms. The Balaban J connectivity index is 2.36. The molecule has 2 rings (SSSR count). The lowest BCUT2D eigenvalue weighted by molar-refractivity contribution is 0.0777. The molecular weight excluding hydrogens is 360 g/mol. The summed E-state index contributed by atoms with van der Waals surface area (Å²) in [6, 6.07) is 11.7. The van der Waals surface area contributed by atoms with Crippen LogP contribution in [0.25, 0.3) is 0 Å². The summed E-state index contributed by atoms with van der Waals surface area (Å²) < 4.78 is 28.0. The van der Waals surface area contributed by atoms with Crippen LogP contribution in [0.5, 0.6) is 0 Å². The van der Waals surface area contributed by atoms with Crippen molar-refractivity contribution in [1.29, 1.82) is 0 Å². The van der Waals surface area contributed by atoms with Crippen molar-refractivity contribution in [2.45, 2.75) is 32.6 Å². The van der Waals surface area contributed by atoms with Crippen molar-refractivity contribution in [3.63, 3.8) is 0 Å². The van der Waals surface area contributed by atoms with Crippen LogP contribution in [-0.2, 0) is 10.0 Å². The summed E-state index contributed by atoms with van der Waals surface area (Å²) in [5, 5.41) is 0. The third-order valence-electron chi connectivity index (χ3n) is 4.18. The van der Waals surface area contributed by atoms with Crippen LogP contribution in [0.4, 0.5) is 5.69 Å². The highest BCUT2D eigenvalue weighted by atomic mass is 32.2. The first-order valence-corrected chi connectivity index (χ1v) is 10.3. The number of carbonyl (C=O) groups excluding carboxylic acids is 1. The number of nitrogens with one attached hydrogen (secondary N) is 1. The van der Waals surface area contributed by atoms with Crippen molar-refractivity contribution in [2.75, 3.05) is 17.8 Å². The molecule has 0 unspecified atom stereocenters. The number of amides is 1. The smallest absolute Gasteiger partial charge is 0.261 e. The van der Waals surface area contributed by atoms with Gasteiger partial charge in [-0.3, -0.25) is 9.52 Å². The maximum atomic E-state index is 12.9. The van der Waals surface area contributed by atoms with Gasteiger partial charge in [-0.2, -0.15) is 0 Å². The van der Waals surface area contributed by atoms with Crippen molar-refractivity contribution in [3.8, 4) is 0 Å². The minimum absolute atomic E-state index is 0.0587. The standard InChI is InChI=1S/C21H26N2O3S/c1-6-23(14-15(2)3)21(24)20-13-19(12-9-17(20)5)27(25,26)22-18-10-7-16(4)8-11-18/h7-13,22H,2,6,14H2,1,3-5H3. The molecule has 1 N–H and O–H groups in total. The van der Waals surface area contributed by atoms with E-state index >= 15 is 0 Å². The minimum atomic E-state index is -3.79. The quantitative estimate of drug-likeness (QED) is 0.727. The van der Waals surface area contributed by atoms with E-state index in [1.54, 1.807) is 30.0 Å². The summed E-state index contributed by atoms with van der Waals surface area (Å²) in [5.74, 6) is -0.203. The summed E-state index contributed by atoms with van der Waals surface area (Å²) in [5.41, 5.74) is 3.50. The zero-order chi connectivity index (χ0) is 20.2. The van der Waals surface area contributed by atoms with Gasteiger partial charge in [0.25, 0.3) is 15.9 Å². The molecule has 0 saturated heterocycles. The van der Waals surface area contributed by atoms with Gasteiger partial charge in [0, 0.05) is 24.3 Å². The topological polar surface area (TPSA) is 66.5 Å². The Bertz CT molecular complexity index is 948. The third kappa shape index (κ3) is 5.20. The second-order valence-corrected chi connectivity index (χ2v) is 8.41. The predicted molar refractivity (Wildman–Crippen MR) is 110 cm³/mol. The molecule has 6 heteroatoms. The summed E-state index contributed by atoms with van der Waals surface area (Å²) >= 11 is 0. The van der Waals surface area contributed by atoms with Gasteiger partial charge in [-0.05, 0) is 57.5 Å². The molecule has 2 aromatic rings. The normalized spacial score (nSPS) is 11.1. The van der Waals surface area contributed by atoms with E-state index in [1.165, 1.54) is 12.1 Å². The van der Waals surface area contributed by atoms with Gasteiger partial charge in [0.05, 0.1) is 4.90 Å². The van der Waals surface area contributed by atoms with E-state index in [9.17, 15) is 13.2 Å². The van der Waals surface area contributed by atoms with Crippen molar-refractivity contribution in [3.05, 3.63) is 71.3 Å². The van der Waals surface area contributed by atoms with Gasteiger partial charge >= 0.3 is 0 Å². The van der Waals surface area contributed by atoms with Crippen molar-refractivity contribution >= 4 is 21.6 Å². The van der Waals surface area contributed by atoms with Gasteiger partial charge in [-0.15, -0.1) is 0 Å². The molecule has 0 spiro atoms. The molecule has 0 aliphatic carbocycles. The van der Waals surface area contributed by atoms with Crippen LogP contribution in [0.15, 0.2) is 59.5 Å². The van der Waals surface area contributed by atoms with E-state index in [4.69, 9.17) is 0 Å². The molecule has 0 aromatic heterocycles. The number of sulfonamides is 1. The van der Waals surface area contributed by atoms with E-state index in [0.717, 1.165) is 16.7 Å². The van der Waals surface area contributed by atoms with E-state index in [2.05, 4.69) is 11.3 Å². The van der Waals surface area contributed by atoms with E-state index in [-0.39, 0.29) is 10.8 Å². The van der Waals surface area contributed by atoms with Crippen molar-refractivity contribution < 1.29 is 13.2 Å². The Morgan fingerprint density at radius 1 is 1.11 bits per heavy atom. The van der Waals surface area contributed by atoms with Gasteiger partial charge in [-0.25, -0.2) is 8.42 Å². The number of nitrogens with zero attached hydrogens (tertiary/aromatic N) is 1. The predicted octanol–water partition coefficient (Wildman–Crippen LogP) is 4.14. The van der Waals surface area contributed by atoms with E-state index in [0.29, 0.717) is 24.3 Å². The number of anilines is 1. The summed E-state index contributed by atoms with van der Waals surface area (Å²) in [6.45, 7) is 12.3. The third-order valence-corrected chi connectivity index (χ3v) is 5.56. The van der Waals surface area contributed by atoms with Crippen LogP contribution in [0.3, 0.4) is 0 Å². The first-order valence-electron chi connectivity index (χ1n) is 8.78. The number of carbonyl (C=O) groups is 1. The van der Waals surface area contributed by atoms with Crippen LogP contribution in [0.1, 0.15) is 35.3 Å². The highest BCUT2D eigenvalue weighted by molar-refractivity contribution is 7.92. The first kappa shape index (κ1) is 20.7. The second-order valence-electron chi connectivity index (χ2n) is 6.72. The highest BCUT2D eigenvalue weighted by Crippen LogP contribution is 2.21. The summed E-state index contributed by atoms with van der Waals surface area (Å²) in [4.78, 5) is 14.6. The fourth-order valence-electron chi connectivity index (χ4n) is 2.66. The zero-order valence-corrected chi connectivity index (χ0v) is 17.1. The Morgan fingerprint density at radius 3 is 2.30 bits per heavy atom. The van der Waals surface area contributed by atoms with Crippen LogP contribution >= 0.6 is 0 Å². The van der Waals surface area contributed by atoms with Gasteiger partial charge < -0.3 is 4.90 Å².